The van der Waals surface area contributed by atoms with Gasteiger partial charge in [0.15, 0.2) is 5.96 Å². The van der Waals surface area contributed by atoms with Crippen LogP contribution in [0.15, 0.2) is 52.3 Å². The van der Waals surface area contributed by atoms with Gasteiger partial charge >= 0.3 is 0 Å². The molecule has 0 bridgehead atoms. The van der Waals surface area contributed by atoms with Gasteiger partial charge in [-0.2, -0.15) is 0 Å². The van der Waals surface area contributed by atoms with Gasteiger partial charge in [0.2, 0.25) is 0 Å². The van der Waals surface area contributed by atoms with Crippen molar-refractivity contribution in [2.75, 3.05) is 13.1 Å². The smallest absolute Gasteiger partial charge is 0.191 e. The molecule has 0 spiro atoms. The molecule has 2 aromatic heterocycles. The van der Waals surface area contributed by atoms with E-state index in [1.54, 1.807) is 6.26 Å². The summed E-state index contributed by atoms with van der Waals surface area (Å²) in [5.74, 6) is 0.787. The maximum Gasteiger partial charge on any atom is 0.191 e. The number of benzene rings is 1. The third-order valence-corrected chi connectivity index (χ3v) is 3.60. The molecule has 3 rings (SSSR count). The molecule has 0 saturated heterocycles. The first-order valence-electron chi connectivity index (χ1n) is 7.83. The van der Waals surface area contributed by atoms with E-state index in [9.17, 15) is 0 Å². The average Bonchev–Trinajstić information content (AvgIpc) is 3.22. The molecule has 0 saturated carbocycles. The number of hydrogen-bond acceptors (Lipinski definition) is 3. The predicted molar refractivity (Wildman–Crippen MR) is 107 cm³/mol. The fourth-order valence-electron chi connectivity index (χ4n) is 2.47. The van der Waals surface area contributed by atoms with Gasteiger partial charge in [0.1, 0.15) is 12.0 Å². The third-order valence-electron chi connectivity index (χ3n) is 3.60. The molecule has 0 atom stereocenters. The molecule has 0 radical (unpaired) electrons. The maximum absolute atomic E-state index is 4.81. The molecule has 0 amide bonds. The van der Waals surface area contributed by atoms with Crippen LogP contribution in [0, 0.1) is 0 Å². The quantitative estimate of drug-likeness (QED) is 0.314. The standard InChI is InChI=1S/C17H21N5O.HI/c1-2-18-17(21-12-14-8-10-23-22-14)19-9-7-13-11-20-16-6-4-3-5-15(13)16;/h3-6,8,10-11,20H,2,7,9,12H2,1H3,(H2,18,19,21);1H. The topological polar surface area (TPSA) is 78.2 Å². The Bertz CT molecular complexity index is 766. The van der Waals surface area contributed by atoms with Crippen molar-refractivity contribution in [3.8, 4) is 0 Å². The summed E-state index contributed by atoms with van der Waals surface area (Å²) in [4.78, 5) is 7.80. The zero-order valence-electron chi connectivity index (χ0n) is 13.6. The van der Waals surface area contributed by atoms with E-state index in [4.69, 9.17) is 4.52 Å². The van der Waals surface area contributed by atoms with Crippen LogP contribution in [0.3, 0.4) is 0 Å². The van der Waals surface area contributed by atoms with Crippen molar-refractivity contribution in [2.24, 2.45) is 4.99 Å². The van der Waals surface area contributed by atoms with E-state index in [0.717, 1.165) is 31.2 Å². The van der Waals surface area contributed by atoms with Gasteiger partial charge in [-0.15, -0.1) is 24.0 Å². The monoisotopic (exact) mass is 439 g/mol. The van der Waals surface area contributed by atoms with Crippen molar-refractivity contribution >= 4 is 40.8 Å². The Morgan fingerprint density at radius 2 is 2.12 bits per heavy atom. The van der Waals surface area contributed by atoms with Crippen LogP contribution in [0.2, 0.25) is 0 Å². The van der Waals surface area contributed by atoms with Gasteiger partial charge in [0.25, 0.3) is 0 Å². The lowest BCUT2D eigenvalue weighted by Crippen LogP contribution is -2.38. The number of para-hydroxylation sites is 1. The van der Waals surface area contributed by atoms with Gasteiger partial charge in [-0.3, -0.25) is 0 Å². The summed E-state index contributed by atoms with van der Waals surface area (Å²) in [5.41, 5.74) is 3.30. The van der Waals surface area contributed by atoms with Crippen molar-refractivity contribution in [3.05, 3.63) is 54.0 Å². The number of rotatable bonds is 6. The number of halogens is 1. The normalized spacial score (nSPS) is 11.3. The second-order valence-electron chi connectivity index (χ2n) is 5.22. The van der Waals surface area contributed by atoms with E-state index in [0.29, 0.717) is 6.54 Å². The number of guanidine groups is 1. The molecule has 1 aromatic carbocycles. The Morgan fingerprint density at radius 1 is 1.25 bits per heavy atom. The highest BCUT2D eigenvalue weighted by molar-refractivity contribution is 14.0. The van der Waals surface area contributed by atoms with Gasteiger partial charge in [0, 0.05) is 36.3 Å². The maximum atomic E-state index is 4.81. The fourth-order valence-corrected chi connectivity index (χ4v) is 2.47. The summed E-state index contributed by atoms with van der Waals surface area (Å²) < 4.78 is 4.81. The van der Waals surface area contributed by atoms with Crippen molar-refractivity contribution < 1.29 is 4.52 Å². The first-order chi connectivity index (χ1) is 11.4. The summed E-state index contributed by atoms with van der Waals surface area (Å²) in [6.45, 7) is 4.18. The van der Waals surface area contributed by atoms with E-state index in [2.05, 4.69) is 50.2 Å². The lowest BCUT2D eigenvalue weighted by molar-refractivity contribution is 0.412. The Balaban J connectivity index is 0.00000208. The molecule has 3 N–H and O–H groups in total. The Labute approximate surface area is 158 Å². The SMILES string of the molecule is CCNC(=NCc1ccon1)NCCc1c[nH]c2ccccc12.I. The number of H-pyrrole nitrogens is 1. The molecule has 24 heavy (non-hydrogen) atoms. The van der Waals surface area contributed by atoms with Crippen LogP contribution in [0.5, 0.6) is 0 Å². The summed E-state index contributed by atoms with van der Waals surface area (Å²) in [5, 5.41) is 11.7. The Morgan fingerprint density at radius 3 is 2.92 bits per heavy atom. The second kappa shape index (κ2) is 9.31. The van der Waals surface area contributed by atoms with E-state index in [-0.39, 0.29) is 24.0 Å². The van der Waals surface area contributed by atoms with Gasteiger partial charge in [0.05, 0.1) is 6.54 Å². The molecule has 7 heteroatoms. The van der Waals surface area contributed by atoms with Crippen LogP contribution < -0.4 is 10.6 Å². The highest BCUT2D eigenvalue weighted by Gasteiger charge is 2.04. The lowest BCUT2D eigenvalue weighted by Gasteiger charge is -2.10. The second-order valence-corrected chi connectivity index (χ2v) is 5.22. The first-order valence-corrected chi connectivity index (χ1v) is 7.83. The number of aliphatic imine (C=N–C) groups is 1. The van der Waals surface area contributed by atoms with E-state index in [1.807, 2.05) is 19.1 Å². The van der Waals surface area contributed by atoms with Crippen LogP contribution in [-0.4, -0.2) is 29.2 Å². The van der Waals surface area contributed by atoms with Crippen molar-refractivity contribution in [1.29, 1.82) is 0 Å². The Hall–Kier alpha value is -2.03. The van der Waals surface area contributed by atoms with Crippen LogP contribution >= 0.6 is 24.0 Å². The number of fused-ring (bicyclic) bond motifs is 1. The van der Waals surface area contributed by atoms with Crippen LogP contribution in [0.1, 0.15) is 18.2 Å². The van der Waals surface area contributed by atoms with Crippen LogP contribution in [-0.2, 0) is 13.0 Å². The fraction of sp³-hybridized carbons (Fsp3) is 0.294. The molecule has 6 nitrogen and oxygen atoms in total. The number of hydrogen-bond donors (Lipinski definition) is 3. The van der Waals surface area contributed by atoms with Crippen LogP contribution in [0.25, 0.3) is 10.9 Å². The van der Waals surface area contributed by atoms with Gasteiger partial charge in [-0.05, 0) is 25.0 Å². The van der Waals surface area contributed by atoms with Crippen molar-refractivity contribution in [2.45, 2.75) is 19.9 Å². The zero-order chi connectivity index (χ0) is 15.9. The molecule has 2 heterocycles. The largest absolute Gasteiger partial charge is 0.364 e. The number of aromatic nitrogens is 2. The minimum atomic E-state index is 0. The summed E-state index contributed by atoms with van der Waals surface area (Å²) >= 11 is 0. The van der Waals surface area contributed by atoms with E-state index >= 15 is 0 Å². The number of aromatic amines is 1. The van der Waals surface area contributed by atoms with Crippen molar-refractivity contribution in [1.82, 2.24) is 20.8 Å². The lowest BCUT2D eigenvalue weighted by atomic mass is 10.1. The molecule has 0 aliphatic carbocycles. The third kappa shape index (κ3) is 4.73. The number of nitrogens with zero attached hydrogens (tertiary/aromatic N) is 2. The molecule has 0 aliphatic heterocycles. The van der Waals surface area contributed by atoms with Gasteiger partial charge in [-0.1, -0.05) is 23.4 Å². The molecule has 0 fully saturated rings. The van der Waals surface area contributed by atoms with E-state index < -0.39 is 0 Å². The van der Waals surface area contributed by atoms with Gasteiger partial charge in [-0.25, -0.2) is 4.99 Å². The number of nitrogens with one attached hydrogen (secondary N) is 3. The molecule has 0 aliphatic rings. The predicted octanol–water partition coefficient (Wildman–Crippen LogP) is 3.07. The van der Waals surface area contributed by atoms with Gasteiger partial charge < -0.3 is 20.1 Å². The zero-order valence-corrected chi connectivity index (χ0v) is 15.9. The van der Waals surface area contributed by atoms with Crippen molar-refractivity contribution in [3.63, 3.8) is 0 Å². The Kier molecular flexibility index (Phi) is 7.10. The first kappa shape index (κ1) is 18.3. The minimum absolute atomic E-state index is 0. The minimum Gasteiger partial charge on any atom is -0.364 e. The molecule has 3 aromatic rings. The summed E-state index contributed by atoms with van der Waals surface area (Å²) in [6.07, 6.45) is 4.56. The molecular formula is C17H22IN5O. The molecular weight excluding hydrogens is 417 g/mol. The molecule has 128 valence electrons. The highest BCUT2D eigenvalue weighted by Crippen LogP contribution is 2.17. The molecule has 0 unspecified atom stereocenters. The average molecular weight is 439 g/mol. The summed E-state index contributed by atoms with van der Waals surface area (Å²) in [7, 11) is 0. The van der Waals surface area contributed by atoms with E-state index in [1.165, 1.54) is 16.5 Å². The van der Waals surface area contributed by atoms with Crippen LogP contribution in [0.4, 0.5) is 0 Å². The highest BCUT2D eigenvalue weighted by atomic mass is 127. The summed E-state index contributed by atoms with van der Waals surface area (Å²) in [6, 6.07) is 10.2.